The largest absolute Gasteiger partial charge is 0.379 e. The first-order valence-corrected chi connectivity index (χ1v) is 10.9. The van der Waals surface area contributed by atoms with Crippen molar-refractivity contribution in [3.63, 3.8) is 0 Å². The summed E-state index contributed by atoms with van der Waals surface area (Å²) in [5, 5.41) is 3.91. The summed E-state index contributed by atoms with van der Waals surface area (Å²) in [6, 6.07) is 12.6. The van der Waals surface area contributed by atoms with E-state index in [2.05, 4.69) is 10.3 Å². The number of benzene rings is 2. The van der Waals surface area contributed by atoms with Crippen LogP contribution in [0, 0.1) is 0 Å². The first-order chi connectivity index (χ1) is 15.5. The van der Waals surface area contributed by atoms with Crippen LogP contribution < -0.4 is 5.32 Å². The Labute approximate surface area is 186 Å². The lowest BCUT2D eigenvalue weighted by Gasteiger charge is -2.13. The van der Waals surface area contributed by atoms with Crippen LogP contribution >= 0.6 is 0 Å². The Morgan fingerprint density at radius 3 is 2.69 bits per heavy atom. The molecule has 7 nitrogen and oxygen atoms in total. The fraction of sp³-hybridized carbons (Fsp3) is 0.320. The number of H-pyrrole nitrogens is 1. The fourth-order valence-corrected chi connectivity index (χ4v) is 3.90. The first-order valence-electron chi connectivity index (χ1n) is 10.9. The summed E-state index contributed by atoms with van der Waals surface area (Å²) in [5.41, 5.74) is 3.07. The molecule has 0 spiro atoms. The molecule has 166 valence electrons. The van der Waals surface area contributed by atoms with E-state index in [1.54, 1.807) is 12.1 Å². The molecule has 2 aromatic carbocycles. The van der Waals surface area contributed by atoms with E-state index < -0.39 is 0 Å². The number of rotatable bonds is 9. The van der Waals surface area contributed by atoms with Crippen LogP contribution in [0.1, 0.15) is 56.9 Å². The van der Waals surface area contributed by atoms with Gasteiger partial charge in [0.2, 0.25) is 0 Å². The number of ether oxygens (including phenoxy) is 1. The molecule has 0 bridgehead atoms. The second kappa shape index (κ2) is 9.36. The number of aromatic amines is 1. The third-order valence-electron chi connectivity index (χ3n) is 5.57. The summed E-state index contributed by atoms with van der Waals surface area (Å²) in [4.78, 5) is 42.6. The molecule has 0 fully saturated rings. The first kappa shape index (κ1) is 21.8. The van der Waals surface area contributed by atoms with Gasteiger partial charge in [-0.05, 0) is 56.5 Å². The molecule has 2 heterocycles. The number of hydrogen-bond donors (Lipinski definition) is 2. The standard InChI is InChI=1S/C25H27N3O4/c1-16(2)32-13-5-11-26-23(29)17-8-9-20-21(14-17)25(31)28(24(20)30)12-10-18-15-27-22-7-4-3-6-19(18)22/h3-4,6-9,14-16,27H,5,10-13H2,1-2H3,(H,26,29). The van der Waals surface area contributed by atoms with Gasteiger partial charge in [-0.2, -0.15) is 0 Å². The van der Waals surface area contributed by atoms with Gasteiger partial charge in [-0.25, -0.2) is 0 Å². The van der Waals surface area contributed by atoms with Gasteiger partial charge in [-0.1, -0.05) is 18.2 Å². The van der Waals surface area contributed by atoms with Gasteiger partial charge in [0.15, 0.2) is 0 Å². The summed E-state index contributed by atoms with van der Waals surface area (Å²) in [7, 11) is 0. The lowest BCUT2D eigenvalue weighted by molar-refractivity contribution is 0.0655. The van der Waals surface area contributed by atoms with Crippen molar-refractivity contribution in [2.75, 3.05) is 19.7 Å². The van der Waals surface area contributed by atoms with Gasteiger partial charge >= 0.3 is 0 Å². The maximum atomic E-state index is 12.9. The van der Waals surface area contributed by atoms with Gasteiger partial charge in [-0.3, -0.25) is 19.3 Å². The molecule has 2 N–H and O–H groups in total. The van der Waals surface area contributed by atoms with Crippen LogP contribution in [0.5, 0.6) is 0 Å². The van der Waals surface area contributed by atoms with Crippen LogP contribution in [0.2, 0.25) is 0 Å². The van der Waals surface area contributed by atoms with E-state index in [0.717, 1.165) is 16.5 Å². The summed E-state index contributed by atoms with van der Waals surface area (Å²) < 4.78 is 5.46. The van der Waals surface area contributed by atoms with Gasteiger partial charge in [0.1, 0.15) is 0 Å². The number of carbonyl (C=O) groups is 3. The van der Waals surface area contributed by atoms with E-state index in [-0.39, 0.29) is 35.9 Å². The number of fused-ring (bicyclic) bond motifs is 2. The Kier molecular flexibility index (Phi) is 6.37. The Hall–Kier alpha value is -3.45. The topological polar surface area (TPSA) is 91.5 Å². The highest BCUT2D eigenvalue weighted by atomic mass is 16.5. The van der Waals surface area contributed by atoms with Crippen molar-refractivity contribution in [2.24, 2.45) is 0 Å². The Morgan fingerprint density at radius 1 is 1.09 bits per heavy atom. The average molecular weight is 434 g/mol. The van der Waals surface area contributed by atoms with E-state index >= 15 is 0 Å². The highest BCUT2D eigenvalue weighted by Gasteiger charge is 2.35. The molecule has 32 heavy (non-hydrogen) atoms. The highest BCUT2D eigenvalue weighted by molar-refractivity contribution is 6.22. The molecule has 0 aliphatic carbocycles. The maximum absolute atomic E-state index is 12.9. The Balaban J connectivity index is 1.39. The van der Waals surface area contributed by atoms with Gasteiger partial charge in [0.05, 0.1) is 17.2 Å². The molecule has 4 rings (SSSR count). The van der Waals surface area contributed by atoms with Gasteiger partial charge in [0.25, 0.3) is 17.7 Å². The van der Waals surface area contributed by atoms with Crippen LogP contribution in [-0.4, -0.2) is 53.4 Å². The Morgan fingerprint density at radius 2 is 1.88 bits per heavy atom. The summed E-state index contributed by atoms with van der Waals surface area (Å²) >= 11 is 0. The molecule has 0 atom stereocenters. The van der Waals surface area contributed by atoms with Gasteiger partial charge in [0, 0.05) is 42.4 Å². The zero-order chi connectivity index (χ0) is 22.7. The van der Waals surface area contributed by atoms with Crippen LogP contribution in [0.25, 0.3) is 10.9 Å². The number of amides is 3. The SMILES string of the molecule is CC(C)OCCCNC(=O)c1ccc2c(c1)C(=O)N(CCc1c[nH]c3ccccc13)C2=O. The molecule has 1 aliphatic heterocycles. The molecule has 0 unspecified atom stereocenters. The lowest BCUT2D eigenvalue weighted by Crippen LogP contribution is -2.31. The molecule has 0 saturated carbocycles. The van der Waals surface area contributed by atoms with Crippen molar-refractivity contribution in [1.82, 2.24) is 15.2 Å². The van der Waals surface area contributed by atoms with Crippen molar-refractivity contribution in [3.8, 4) is 0 Å². The van der Waals surface area contributed by atoms with Crippen molar-refractivity contribution in [1.29, 1.82) is 0 Å². The predicted molar refractivity (Wildman–Crippen MR) is 122 cm³/mol. The minimum absolute atomic E-state index is 0.157. The minimum Gasteiger partial charge on any atom is -0.379 e. The van der Waals surface area contributed by atoms with Crippen LogP contribution in [-0.2, 0) is 11.2 Å². The molecular weight excluding hydrogens is 406 g/mol. The number of hydrogen-bond acceptors (Lipinski definition) is 4. The number of carbonyl (C=O) groups excluding carboxylic acids is 3. The summed E-state index contributed by atoms with van der Waals surface area (Å²) in [6.45, 7) is 5.26. The van der Waals surface area contributed by atoms with E-state index in [1.165, 1.54) is 11.0 Å². The zero-order valence-corrected chi connectivity index (χ0v) is 18.3. The molecule has 1 aliphatic rings. The normalized spacial score (nSPS) is 13.3. The van der Waals surface area contributed by atoms with Crippen molar-refractivity contribution in [3.05, 3.63) is 70.9 Å². The van der Waals surface area contributed by atoms with Crippen LogP contribution in [0.3, 0.4) is 0 Å². The van der Waals surface area contributed by atoms with Crippen molar-refractivity contribution < 1.29 is 19.1 Å². The predicted octanol–water partition coefficient (Wildman–Crippen LogP) is 3.55. The number of para-hydroxylation sites is 1. The smallest absolute Gasteiger partial charge is 0.261 e. The number of aromatic nitrogens is 1. The Bertz CT molecular complexity index is 1160. The van der Waals surface area contributed by atoms with Crippen molar-refractivity contribution >= 4 is 28.6 Å². The van der Waals surface area contributed by atoms with Crippen LogP contribution in [0.4, 0.5) is 0 Å². The third-order valence-corrected chi connectivity index (χ3v) is 5.57. The van der Waals surface area contributed by atoms with Crippen molar-refractivity contribution in [2.45, 2.75) is 32.8 Å². The van der Waals surface area contributed by atoms with E-state index in [1.807, 2.05) is 44.3 Å². The van der Waals surface area contributed by atoms with Gasteiger partial charge < -0.3 is 15.0 Å². The monoisotopic (exact) mass is 433 g/mol. The molecular formula is C25H27N3O4. The fourth-order valence-electron chi connectivity index (χ4n) is 3.90. The number of imide groups is 1. The maximum Gasteiger partial charge on any atom is 0.261 e. The minimum atomic E-state index is -0.357. The summed E-state index contributed by atoms with van der Waals surface area (Å²) in [5.74, 6) is -0.942. The molecule has 1 aromatic heterocycles. The molecule has 7 heteroatoms. The number of nitrogens with zero attached hydrogens (tertiary/aromatic N) is 1. The second-order valence-electron chi connectivity index (χ2n) is 8.16. The molecule has 3 amide bonds. The molecule has 0 radical (unpaired) electrons. The van der Waals surface area contributed by atoms with E-state index in [9.17, 15) is 14.4 Å². The highest BCUT2D eigenvalue weighted by Crippen LogP contribution is 2.25. The van der Waals surface area contributed by atoms with Crippen LogP contribution in [0.15, 0.2) is 48.7 Å². The van der Waals surface area contributed by atoms with E-state index in [4.69, 9.17) is 4.74 Å². The second-order valence-corrected chi connectivity index (χ2v) is 8.16. The van der Waals surface area contributed by atoms with Gasteiger partial charge in [-0.15, -0.1) is 0 Å². The lowest BCUT2D eigenvalue weighted by atomic mass is 10.1. The molecule has 3 aromatic rings. The molecule has 0 saturated heterocycles. The quantitative estimate of drug-likeness (QED) is 0.399. The zero-order valence-electron chi connectivity index (χ0n) is 18.3. The third kappa shape index (κ3) is 4.43. The summed E-state index contributed by atoms with van der Waals surface area (Å²) in [6.07, 6.45) is 3.33. The average Bonchev–Trinajstić information content (AvgIpc) is 3.30. The van der Waals surface area contributed by atoms with E-state index in [0.29, 0.717) is 37.1 Å². The number of nitrogens with one attached hydrogen (secondary N) is 2.